The molecule has 1 heteroatoms. The summed E-state index contributed by atoms with van der Waals surface area (Å²) in [6, 6.07) is 0. The molecule has 1 heterocycles. The Balaban J connectivity index is 2.67. The van der Waals surface area contributed by atoms with Gasteiger partial charge in [-0.05, 0) is 49.1 Å². The topological polar surface area (TPSA) is 12.0 Å². The van der Waals surface area contributed by atoms with Crippen molar-refractivity contribution < 1.29 is 0 Å². The summed E-state index contributed by atoms with van der Waals surface area (Å²) >= 11 is 0. The molecule has 14 heavy (non-hydrogen) atoms. The Kier molecular flexibility index (Phi) is 4.00. The molecule has 0 aromatic carbocycles. The molecule has 1 saturated heterocycles. The van der Waals surface area contributed by atoms with Crippen molar-refractivity contribution in [1.82, 2.24) is 5.32 Å². The van der Waals surface area contributed by atoms with Crippen LogP contribution in [0.3, 0.4) is 0 Å². The molecule has 1 aliphatic rings. The summed E-state index contributed by atoms with van der Waals surface area (Å²) < 4.78 is 0. The van der Waals surface area contributed by atoms with E-state index < -0.39 is 0 Å². The van der Waals surface area contributed by atoms with Crippen LogP contribution in [0.15, 0.2) is 0 Å². The van der Waals surface area contributed by atoms with Crippen molar-refractivity contribution in [2.24, 2.45) is 23.2 Å². The molecular formula is C13H27N. The van der Waals surface area contributed by atoms with Gasteiger partial charge in [0, 0.05) is 0 Å². The molecule has 0 saturated carbocycles. The Bertz CT molecular complexity index is 174. The van der Waals surface area contributed by atoms with Crippen molar-refractivity contribution in [3.05, 3.63) is 0 Å². The molecule has 0 spiro atoms. The summed E-state index contributed by atoms with van der Waals surface area (Å²) in [7, 11) is 0. The van der Waals surface area contributed by atoms with Crippen molar-refractivity contribution in [1.29, 1.82) is 0 Å². The van der Waals surface area contributed by atoms with Crippen LogP contribution >= 0.6 is 0 Å². The van der Waals surface area contributed by atoms with E-state index in [2.05, 4.69) is 39.9 Å². The SMILES string of the molecule is CC(C)CC1CNCCC1(C)C(C)C. The molecule has 0 amide bonds. The molecule has 0 aliphatic carbocycles. The predicted octanol–water partition coefficient (Wildman–Crippen LogP) is 3.30. The number of rotatable bonds is 3. The van der Waals surface area contributed by atoms with Gasteiger partial charge in [-0.25, -0.2) is 0 Å². The fourth-order valence-corrected chi connectivity index (χ4v) is 2.75. The first kappa shape index (κ1) is 12.0. The lowest BCUT2D eigenvalue weighted by Gasteiger charge is -2.46. The molecule has 0 radical (unpaired) electrons. The van der Waals surface area contributed by atoms with E-state index in [-0.39, 0.29) is 0 Å². The van der Waals surface area contributed by atoms with E-state index in [1.54, 1.807) is 0 Å². The zero-order chi connectivity index (χ0) is 10.8. The summed E-state index contributed by atoms with van der Waals surface area (Å²) in [5.41, 5.74) is 0.565. The molecule has 1 N–H and O–H groups in total. The highest BCUT2D eigenvalue weighted by Crippen LogP contribution is 2.43. The van der Waals surface area contributed by atoms with Gasteiger partial charge in [0.1, 0.15) is 0 Å². The lowest BCUT2D eigenvalue weighted by atomic mass is 9.63. The smallest absolute Gasteiger partial charge is 0.00151 e. The zero-order valence-electron chi connectivity index (χ0n) is 10.6. The van der Waals surface area contributed by atoms with Gasteiger partial charge in [0.2, 0.25) is 0 Å². The predicted molar refractivity (Wildman–Crippen MR) is 63.4 cm³/mol. The second-order valence-corrected chi connectivity index (χ2v) is 5.94. The van der Waals surface area contributed by atoms with Crippen molar-refractivity contribution in [2.45, 2.75) is 47.5 Å². The highest BCUT2D eigenvalue weighted by atomic mass is 14.9. The number of piperidine rings is 1. The fourth-order valence-electron chi connectivity index (χ4n) is 2.75. The van der Waals surface area contributed by atoms with E-state index in [4.69, 9.17) is 0 Å². The Morgan fingerprint density at radius 1 is 1.29 bits per heavy atom. The van der Waals surface area contributed by atoms with E-state index in [9.17, 15) is 0 Å². The fraction of sp³-hybridized carbons (Fsp3) is 1.00. The van der Waals surface area contributed by atoms with Crippen LogP contribution < -0.4 is 5.32 Å². The van der Waals surface area contributed by atoms with Crippen molar-refractivity contribution in [2.75, 3.05) is 13.1 Å². The molecular weight excluding hydrogens is 170 g/mol. The van der Waals surface area contributed by atoms with E-state index in [1.807, 2.05) is 0 Å². The molecule has 0 bridgehead atoms. The molecule has 2 atom stereocenters. The van der Waals surface area contributed by atoms with E-state index in [0.29, 0.717) is 5.41 Å². The van der Waals surface area contributed by atoms with E-state index in [0.717, 1.165) is 17.8 Å². The number of hydrogen-bond acceptors (Lipinski definition) is 1. The van der Waals surface area contributed by atoms with E-state index in [1.165, 1.54) is 25.9 Å². The van der Waals surface area contributed by atoms with Crippen molar-refractivity contribution >= 4 is 0 Å². The Hall–Kier alpha value is -0.0400. The van der Waals surface area contributed by atoms with Crippen LogP contribution in [0.5, 0.6) is 0 Å². The lowest BCUT2D eigenvalue weighted by molar-refractivity contribution is 0.0580. The van der Waals surface area contributed by atoms with Crippen molar-refractivity contribution in [3.8, 4) is 0 Å². The molecule has 1 aliphatic heterocycles. The van der Waals surface area contributed by atoms with Crippen LogP contribution in [0.1, 0.15) is 47.5 Å². The molecule has 84 valence electrons. The molecule has 0 aromatic heterocycles. The monoisotopic (exact) mass is 197 g/mol. The van der Waals surface area contributed by atoms with Crippen LogP contribution in [0, 0.1) is 23.2 Å². The normalized spacial score (nSPS) is 34.1. The zero-order valence-corrected chi connectivity index (χ0v) is 10.6. The minimum Gasteiger partial charge on any atom is -0.316 e. The quantitative estimate of drug-likeness (QED) is 0.732. The minimum atomic E-state index is 0.565. The first-order valence-corrected chi connectivity index (χ1v) is 6.17. The summed E-state index contributed by atoms with van der Waals surface area (Å²) in [6.45, 7) is 14.4. The maximum atomic E-state index is 3.55. The standard InChI is InChI=1S/C13H27N/c1-10(2)8-12-9-14-7-6-13(12,5)11(3)4/h10-12,14H,6-9H2,1-5H3. The van der Waals surface area contributed by atoms with Gasteiger partial charge < -0.3 is 5.32 Å². The van der Waals surface area contributed by atoms with E-state index >= 15 is 0 Å². The molecule has 0 aromatic rings. The Morgan fingerprint density at radius 3 is 2.43 bits per heavy atom. The largest absolute Gasteiger partial charge is 0.316 e. The minimum absolute atomic E-state index is 0.565. The molecule has 1 rings (SSSR count). The second kappa shape index (κ2) is 4.65. The van der Waals surface area contributed by atoms with Crippen LogP contribution in [-0.4, -0.2) is 13.1 Å². The third-order valence-electron chi connectivity index (χ3n) is 4.24. The van der Waals surface area contributed by atoms with Crippen LogP contribution in [-0.2, 0) is 0 Å². The highest BCUT2D eigenvalue weighted by molar-refractivity contribution is 4.90. The Labute approximate surface area is 89.7 Å². The summed E-state index contributed by atoms with van der Waals surface area (Å²) in [5.74, 6) is 2.52. The van der Waals surface area contributed by atoms with Crippen LogP contribution in [0.2, 0.25) is 0 Å². The average Bonchev–Trinajstić information content (AvgIpc) is 2.08. The van der Waals surface area contributed by atoms with Crippen molar-refractivity contribution in [3.63, 3.8) is 0 Å². The molecule has 1 fully saturated rings. The van der Waals surface area contributed by atoms with Gasteiger partial charge in [-0.2, -0.15) is 0 Å². The van der Waals surface area contributed by atoms with Crippen LogP contribution in [0.25, 0.3) is 0 Å². The number of hydrogen-bond donors (Lipinski definition) is 1. The van der Waals surface area contributed by atoms with Gasteiger partial charge >= 0.3 is 0 Å². The van der Waals surface area contributed by atoms with Gasteiger partial charge in [-0.1, -0.05) is 34.6 Å². The van der Waals surface area contributed by atoms with Gasteiger partial charge in [-0.15, -0.1) is 0 Å². The highest BCUT2D eigenvalue weighted by Gasteiger charge is 2.38. The Morgan fingerprint density at radius 2 is 1.93 bits per heavy atom. The first-order valence-electron chi connectivity index (χ1n) is 6.17. The molecule has 2 unspecified atom stereocenters. The maximum Gasteiger partial charge on any atom is -0.00151 e. The molecule has 1 nitrogen and oxygen atoms in total. The van der Waals surface area contributed by atoms with Gasteiger partial charge in [-0.3, -0.25) is 0 Å². The van der Waals surface area contributed by atoms with Gasteiger partial charge in [0.25, 0.3) is 0 Å². The third-order valence-corrected chi connectivity index (χ3v) is 4.24. The summed E-state index contributed by atoms with van der Waals surface area (Å²) in [5, 5.41) is 3.55. The van der Waals surface area contributed by atoms with Gasteiger partial charge in [0.05, 0.1) is 0 Å². The second-order valence-electron chi connectivity index (χ2n) is 5.94. The number of nitrogens with one attached hydrogen (secondary N) is 1. The summed E-state index contributed by atoms with van der Waals surface area (Å²) in [4.78, 5) is 0. The van der Waals surface area contributed by atoms with Gasteiger partial charge in [0.15, 0.2) is 0 Å². The van der Waals surface area contributed by atoms with Crippen LogP contribution in [0.4, 0.5) is 0 Å². The maximum absolute atomic E-state index is 3.55. The third kappa shape index (κ3) is 2.50. The average molecular weight is 197 g/mol. The first-order chi connectivity index (χ1) is 6.47. The summed E-state index contributed by atoms with van der Waals surface area (Å²) in [6.07, 6.45) is 2.73. The lowest BCUT2D eigenvalue weighted by Crippen LogP contribution is -2.46.